The molecule has 0 radical (unpaired) electrons. The van der Waals surface area contributed by atoms with Crippen LogP contribution in [0.4, 0.5) is 13.2 Å². The van der Waals surface area contributed by atoms with Gasteiger partial charge < -0.3 is 0 Å². The number of aromatic nitrogens is 2. The fraction of sp³-hybridized carbons (Fsp3) is 0.357. The topological polar surface area (TPSA) is 17.8 Å². The van der Waals surface area contributed by atoms with E-state index in [1.165, 1.54) is 10.9 Å². The molecule has 19 heavy (non-hydrogen) atoms. The summed E-state index contributed by atoms with van der Waals surface area (Å²) in [4.78, 5) is 0. The molecule has 0 N–H and O–H groups in total. The number of nitrogens with zero attached hydrogens (tertiary/aromatic N) is 2. The number of halogens is 3. The summed E-state index contributed by atoms with van der Waals surface area (Å²) >= 11 is 0. The molecule has 0 spiro atoms. The zero-order valence-corrected chi connectivity index (χ0v) is 11.0. The SMILES string of the molecule is CC(C)(C)c1ccccc1-n1ccc(C(F)(F)F)n1. The van der Waals surface area contributed by atoms with E-state index in [9.17, 15) is 13.2 Å². The Kier molecular flexibility index (Phi) is 3.16. The molecule has 0 amide bonds. The van der Waals surface area contributed by atoms with Gasteiger partial charge in [-0.15, -0.1) is 0 Å². The molecule has 102 valence electrons. The molecule has 0 aliphatic carbocycles. The van der Waals surface area contributed by atoms with E-state index in [-0.39, 0.29) is 5.41 Å². The highest BCUT2D eigenvalue weighted by atomic mass is 19.4. The predicted molar refractivity (Wildman–Crippen MR) is 67.3 cm³/mol. The minimum absolute atomic E-state index is 0.166. The van der Waals surface area contributed by atoms with Gasteiger partial charge in [0.05, 0.1) is 5.69 Å². The van der Waals surface area contributed by atoms with E-state index in [4.69, 9.17) is 0 Å². The maximum atomic E-state index is 12.6. The lowest BCUT2D eigenvalue weighted by Crippen LogP contribution is -2.16. The van der Waals surface area contributed by atoms with Gasteiger partial charge in [0, 0.05) is 6.20 Å². The molecule has 0 aliphatic rings. The van der Waals surface area contributed by atoms with E-state index in [2.05, 4.69) is 5.10 Å². The van der Waals surface area contributed by atoms with Crippen molar-refractivity contribution >= 4 is 0 Å². The first kappa shape index (κ1) is 13.6. The van der Waals surface area contributed by atoms with Gasteiger partial charge in [0.2, 0.25) is 0 Å². The second-order valence-electron chi connectivity index (χ2n) is 5.41. The van der Waals surface area contributed by atoms with E-state index in [0.29, 0.717) is 5.69 Å². The van der Waals surface area contributed by atoms with Crippen LogP contribution in [0, 0.1) is 0 Å². The van der Waals surface area contributed by atoms with E-state index < -0.39 is 11.9 Å². The summed E-state index contributed by atoms with van der Waals surface area (Å²) in [5.74, 6) is 0. The fourth-order valence-electron chi connectivity index (χ4n) is 1.92. The molecule has 0 saturated heterocycles. The van der Waals surface area contributed by atoms with Gasteiger partial charge in [-0.05, 0) is 23.1 Å². The Hall–Kier alpha value is -1.78. The summed E-state index contributed by atoms with van der Waals surface area (Å²) in [6.07, 6.45) is -3.07. The Morgan fingerprint density at radius 1 is 1.00 bits per heavy atom. The average Bonchev–Trinajstić information content (AvgIpc) is 2.76. The molecule has 2 rings (SSSR count). The first-order valence-corrected chi connectivity index (χ1v) is 5.92. The third kappa shape index (κ3) is 2.80. The van der Waals surface area contributed by atoms with Gasteiger partial charge >= 0.3 is 6.18 Å². The van der Waals surface area contributed by atoms with Crippen molar-refractivity contribution in [3.05, 3.63) is 47.8 Å². The molecular formula is C14H15F3N2. The fourth-order valence-corrected chi connectivity index (χ4v) is 1.92. The smallest absolute Gasteiger partial charge is 0.240 e. The molecule has 2 nitrogen and oxygen atoms in total. The summed E-state index contributed by atoms with van der Waals surface area (Å²) in [5.41, 5.74) is 0.578. The highest BCUT2D eigenvalue weighted by molar-refractivity contribution is 5.44. The second kappa shape index (κ2) is 4.40. The van der Waals surface area contributed by atoms with Gasteiger partial charge in [0.15, 0.2) is 5.69 Å². The molecule has 0 aliphatic heterocycles. The third-order valence-corrected chi connectivity index (χ3v) is 2.84. The van der Waals surface area contributed by atoms with E-state index in [0.717, 1.165) is 11.6 Å². The van der Waals surface area contributed by atoms with E-state index in [1.54, 1.807) is 12.1 Å². The zero-order valence-electron chi connectivity index (χ0n) is 11.0. The van der Waals surface area contributed by atoms with Crippen LogP contribution in [-0.2, 0) is 11.6 Å². The van der Waals surface area contributed by atoms with Gasteiger partial charge in [0.25, 0.3) is 0 Å². The van der Waals surface area contributed by atoms with Gasteiger partial charge in [-0.2, -0.15) is 18.3 Å². The molecule has 0 saturated carbocycles. The van der Waals surface area contributed by atoms with Crippen LogP contribution in [0.15, 0.2) is 36.5 Å². The molecule has 0 unspecified atom stereocenters. The van der Waals surface area contributed by atoms with Crippen LogP contribution in [0.3, 0.4) is 0 Å². The maximum Gasteiger partial charge on any atom is 0.435 e. The number of para-hydroxylation sites is 1. The maximum absolute atomic E-state index is 12.6. The summed E-state index contributed by atoms with van der Waals surface area (Å²) in [6.45, 7) is 6.04. The number of benzene rings is 1. The van der Waals surface area contributed by atoms with Crippen molar-refractivity contribution in [3.8, 4) is 5.69 Å². The number of alkyl halides is 3. The standard InChI is InChI=1S/C14H15F3N2/c1-13(2,3)10-6-4-5-7-11(10)19-9-8-12(18-19)14(15,16)17/h4-9H,1-3H3. The zero-order chi connectivity index (χ0) is 14.3. The summed E-state index contributed by atoms with van der Waals surface area (Å²) in [7, 11) is 0. The Morgan fingerprint density at radius 3 is 2.16 bits per heavy atom. The molecule has 2 aromatic rings. The van der Waals surface area contributed by atoms with E-state index in [1.807, 2.05) is 32.9 Å². The Labute approximate surface area is 109 Å². The van der Waals surface area contributed by atoms with Crippen molar-refractivity contribution in [3.63, 3.8) is 0 Å². The summed E-state index contributed by atoms with van der Waals surface area (Å²) in [6, 6.07) is 8.33. The Bertz CT molecular complexity index is 577. The molecule has 5 heteroatoms. The van der Waals surface area contributed by atoms with Crippen LogP contribution in [0.5, 0.6) is 0 Å². The van der Waals surface area contributed by atoms with Crippen LogP contribution < -0.4 is 0 Å². The van der Waals surface area contributed by atoms with Crippen molar-refractivity contribution in [2.45, 2.75) is 32.4 Å². The third-order valence-electron chi connectivity index (χ3n) is 2.84. The second-order valence-corrected chi connectivity index (χ2v) is 5.41. The first-order chi connectivity index (χ1) is 8.69. The number of hydrogen-bond acceptors (Lipinski definition) is 1. The molecule has 1 aromatic carbocycles. The van der Waals surface area contributed by atoms with Crippen molar-refractivity contribution < 1.29 is 13.2 Å². The monoisotopic (exact) mass is 268 g/mol. The largest absolute Gasteiger partial charge is 0.435 e. The lowest BCUT2D eigenvalue weighted by Gasteiger charge is -2.22. The van der Waals surface area contributed by atoms with Crippen LogP contribution in [0.1, 0.15) is 32.0 Å². The quantitative estimate of drug-likeness (QED) is 0.758. The number of hydrogen-bond donors (Lipinski definition) is 0. The molecule has 0 bridgehead atoms. The van der Waals surface area contributed by atoms with Crippen LogP contribution in [0.2, 0.25) is 0 Å². The van der Waals surface area contributed by atoms with Crippen molar-refractivity contribution in [2.75, 3.05) is 0 Å². The Balaban J connectivity index is 2.52. The van der Waals surface area contributed by atoms with Crippen molar-refractivity contribution in [1.82, 2.24) is 9.78 Å². The highest BCUT2D eigenvalue weighted by Crippen LogP contribution is 2.31. The van der Waals surface area contributed by atoms with Crippen molar-refractivity contribution in [1.29, 1.82) is 0 Å². The first-order valence-electron chi connectivity index (χ1n) is 5.92. The van der Waals surface area contributed by atoms with Gasteiger partial charge in [-0.3, -0.25) is 0 Å². The summed E-state index contributed by atoms with van der Waals surface area (Å²) in [5, 5.41) is 3.62. The van der Waals surface area contributed by atoms with Crippen molar-refractivity contribution in [2.24, 2.45) is 0 Å². The predicted octanol–water partition coefficient (Wildman–Crippen LogP) is 4.19. The normalized spacial score (nSPS) is 12.7. The van der Waals surface area contributed by atoms with Crippen LogP contribution in [0.25, 0.3) is 5.69 Å². The molecular weight excluding hydrogens is 253 g/mol. The molecule has 1 heterocycles. The molecule has 1 aromatic heterocycles. The highest BCUT2D eigenvalue weighted by Gasteiger charge is 2.34. The van der Waals surface area contributed by atoms with Gasteiger partial charge in [-0.1, -0.05) is 39.0 Å². The Morgan fingerprint density at radius 2 is 1.63 bits per heavy atom. The van der Waals surface area contributed by atoms with Crippen LogP contribution >= 0.6 is 0 Å². The average molecular weight is 268 g/mol. The lowest BCUT2D eigenvalue weighted by atomic mass is 9.86. The minimum atomic E-state index is -4.41. The number of rotatable bonds is 1. The van der Waals surface area contributed by atoms with Gasteiger partial charge in [-0.25, -0.2) is 4.68 Å². The molecule has 0 atom stereocenters. The molecule has 0 fully saturated rings. The summed E-state index contributed by atoms with van der Waals surface area (Å²) < 4.78 is 39.0. The van der Waals surface area contributed by atoms with Crippen LogP contribution in [-0.4, -0.2) is 9.78 Å². The minimum Gasteiger partial charge on any atom is -0.240 e. The van der Waals surface area contributed by atoms with Gasteiger partial charge in [0.1, 0.15) is 0 Å². The lowest BCUT2D eigenvalue weighted by molar-refractivity contribution is -0.141. The van der Waals surface area contributed by atoms with E-state index >= 15 is 0 Å².